The Balaban J connectivity index is 1.38. The maximum absolute atomic E-state index is 12.4. The Morgan fingerprint density at radius 2 is 2.00 bits per heavy atom. The van der Waals surface area contributed by atoms with Crippen LogP contribution in [-0.2, 0) is 5.75 Å². The van der Waals surface area contributed by atoms with Crippen LogP contribution in [-0.4, -0.2) is 56.0 Å². The van der Waals surface area contributed by atoms with E-state index in [-0.39, 0.29) is 6.03 Å². The van der Waals surface area contributed by atoms with Gasteiger partial charge in [0.25, 0.3) is 0 Å². The summed E-state index contributed by atoms with van der Waals surface area (Å²) in [6.45, 7) is 6.47. The van der Waals surface area contributed by atoms with E-state index in [0.29, 0.717) is 13.2 Å². The van der Waals surface area contributed by atoms with Crippen molar-refractivity contribution in [1.29, 1.82) is 0 Å². The lowest BCUT2D eigenvalue weighted by Crippen LogP contribution is -2.52. The number of piperazine rings is 1. The van der Waals surface area contributed by atoms with Crippen LogP contribution in [0.5, 0.6) is 5.75 Å². The number of carbonyl (C=O) groups excluding carboxylic acids is 1. The van der Waals surface area contributed by atoms with Gasteiger partial charge in [-0.05, 0) is 30.5 Å². The molecule has 2 heterocycles. The van der Waals surface area contributed by atoms with Crippen molar-refractivity contribution in [3.8, 4) is 5.75 Å². The number of benzene rings is 1. The van der Waals surface area contributed by atoms with E-state index < -0.39 is 0 Å². The molecule has 5 nitrogen and oxygen atoms in total. The summed E-state index contributed by atoms with van der Waals surface area (Å²) in [7, 11) is 0. The molecule has 0 radical (unpaired) electrons. The number of thiophene rings is 1. The zero-order valence-electron chi connectivity index (χ0n) is 15.7. The molecule has 0 bridgehead atoms. The molecule has 1 aromatic heterocycles. The van der Waals surface area contributed by atoms with Gasteiger partial charge in [0, 0.05) is 49.1 Å². The van der Waals surface area contributed by atoms with E-state index in [1.54, 1.807) is 11.3 Å². The van der Waals surface area contributed by atoms with Gasteiger partial charge in [0.2, 0.25) is 0 Å². The van der Waals surface area contributed by atoms with Crippen molar-refractivity contribution in [2.45, 2.75) is 12.7 Å². The third-order valence-electron chi connectivity index (χ3n) is 4.42. The number of carbonyl (C=O) groups is 1. The highest BCUT2D eigenvalue weighted by Gasteiger charge is 2.22. The van der Waals surface area contributed by atoms with Crippen LogP contribution in [0.3, 0.4) is 0 Å². The van der Waals surface area contributed by atoms with Gasteiger partial charge in [-0.2, -0.15) is 11.8 Å². The minimum atomic E-state index is 0.0458. The van der Waals surface area contributed by atoms with E-state index in [0.717, 1.165) is 49.1 Å². The Labute approximate surface area is 169 Å². The number of para-hydroxylation sites is 2. The standard InChI is InChI=1S/C20H27N3O2S2/c1-2-25-19-8-4-3-7-18(19)22-10-12-23(13-11-22)20(24)21-9-15-26-16-17-6-5-14-27-17/h3-8,14H,2,9-13,15-16H2,1H3,(H,21,24). The third kappa shape index (κ3) is 5.81. The van der Waals surface area contributed by atoms with Gasteiger partial charge in [-0.1, -0.05) is 18.2 Å². The summed E-state index contributed by atoms with van der Waals surface area (Å²) in [4.78, 5) is 18.0. The first-order chi connectivity index (χ1) is 13.3. The van der Waals surface area contributed by atoms with Crippen LogP contribution in [0.1, 0.15) is 11.8 Å². The topological polar surface area (TPSA) is 44.8 Å². The zero-order chi connectivity index (χ0) is 18.9. The monoisotopic (exact) mass is 405 g/mol. The molecule has 0 spiro atoms. The van der Waals surface area contributed by atoms with Gasteiger partial charge in [-0.15, -0.1) is 11.3 Å². The Kier molecular flexibility index (Phi) is 7.71. The van der Waals surface area contributed by atoms with Crippen LogP contribution in [0.15, 0.2) is 41.8 Å². The van der Waals surface area contributed by atoms with Gasteiger partial charge in [0.1, 0.15) is 5.75 Å². The van der Waals surface area contributed by atoms with Gasteiger partial charge >= 0.3 is 6.03 Å². The molecule has 1 fully saturated rings. The molecule has 0 unspecified atom stereocenters. The molecule has 7 heteroatoms. The van der Waals surface area contributed by atoms with E-state index in [9.17, 15) is 4.79 Å². The summed E-state index contributed by atoms with van der Waals surface area (Å²) < 4.78 is 5.73. The number of anilines is 1. The van der Waals surface area contributed by atoms with E-state index >= 15 is 0 Å². The Morgan fingerprint density at radius 1 is 1.19 bits per heavy atom. The number of rotatable bonds is 8. The summed E-state index contributed by atoms with van der Waals surface area (Å²) in [6.07, 6.45) is 0. The van der Waals surface area contributed by atoms with Crippen molar-refractivity contribution < 1.29 is 9.53 Å². The van der Waals surface area contributed by atoms with Crippen LogP contribution >= 0.6 is 23.1 Å². The molecule has 1 aromatic carbocycles. The van der Waals surface area contributed by atoms with Gasteiger partial charge in [0.15, 0.2) is 0 Å². The maximum Gasteiger partial charge on any atom is 0.317 e. The van der Waals surface area contributed by atoms with Crippen molar-refractivity contribution >= 4 is 34.8 Å². The minimum Gasteiger partial charge on any atom is -0.492 e. The van der Waals surface area contributed by atoms with Crippen molar-refractivity contribution in [2.75, 3.05) is 50.0 Å². The fourth-order valence-electron chi connectivity index (χ4n) is 3.06. The average Bonchev–Trinajstić information content (AvgIpc) is 3.22. The Hall–Kier alpha value is -1.86. The number of thioether (sulfide) groups is 1. The number of nitrogens with zero attached hydrogens (tertiary/aromatic N) is 2. The van der Waals surface area contributed by atoms with Crippen LogP contribution in [0.25, 0.3) is 0 Å². The van der Waals surface area contributed by atoms with E-state index in [4.69, 9.17) is 4.74 Å². The largest absolute Gasteiger partial charge is 0.492 e. The first kappa shape index (κ1) is 19.9. The predicted octanol–water partition coefficient (Wildman–Crippen LogP) is 3.91. The van der Waals surface area contributed by atoms with Gasteiger partial charge in [-0.3, -0.25) is 0 Å². The van der Waals surface area contributed by atoms with E-state index in [1.807, 2.05) is 41.8 Å². The molecule has 3 rings (SSSR count). The Morgan fingerprint density at radius 3 is 2.74 bits per heavy atom. The first-order valence-electron chi connectivity index (χ1n) is 9.37. The van der Waals surface area contributed by atoms with Crippen LogP contribution in [0.4, 0.5) is 10.5 Å². The molecular formula is C20H27N3O2S2. The average molecular weight is 406 g/mol. The molecule has 1 aliphatic heterocycles. The molecule has 2 aromatic rings. The summed E-state index contributed by atoms with van der Waals surface area (Å²) in [5.74, 6) is 2.87. The van der Waals surface area contributed by atoms with E-state index in [1.165, 1.54) is 4.88 Å². The number of hydrogen-bond donors (Lipinski definition) is 1. The summed E-state index contributed by atoms with van der Waals surface area (Å²) in [6, 6.07) is 12.4. The fourth-order valence-corrected chi connectivity index (χ4v) is 4.76. The third-order valence-corrected chi connectivity index (χ3v) is 6.49. The van der Waals surface area contributed by atoms with Gasteiger partial charge in [0.05, 0.1) is 12.3 Å². The van der Waals surface area contributed by atoms with Crippen molar-refractivity contribution in [3.05, 3.63) is 46.7 Å². The van der Waals surface area contributed by atoms with Crippen LogP contribution < -0.4 is 15.0 Å². The summed E-state index contributed by atoms with van der Waals surface area (Å²) in [5.41, 5.74) is 1.12. The summed E-state index contributed by atoms with van der Waals surface area (Å²) in [5, 5.41) is 5.15. The molecule has 0 saturated carbocycles. The smallest absolute Gasteiger partial charge is 0.317 e. The lowest BCUT2D eigenvalue weighted by molar-refractivity contribution is 0.195. The minimum absolute atomic E-state index is 0.0458. The molecular weight excluding hydrogens is 378 g/mol. The van der Waals surface area contributed by atoms with Gasteiger partial charge < -0.3 is 19.9 Å². The fraction of sp³-hybridized carbons (Fsp3) is 0.450. The predicted molar refractivity (Wildman–Crippen MR) is 115 cm³/mol. The summed E-state index contributed by atoms with van der Waals surface area (Å²) >= 11 is 3.64. The lowest BCUT2D eigenvalue weighted by Gasteiger charge is -2.36. The molecule has 0 atom stereocenters. The second-order valence-corrected chi connectivity index (χ2v) is 8.38. The number of hydrogen-bond acceptors (Lipinski definition) is 5. The SMILES string of the molecule is CCOc1ccccc1N1CCN(C(=O)NCCSCc2cccs2)CC1. The molecule has 1 saturated heterocycles. The molecule has 2 amide bonds. The number of nitrogens with one attached hydrogen (secondary N) is 1. The van der Waals surface area contributed by atoms with Crippen molar-refractivity contribution in [3.63, 3.8) is 0 Å². The van der Waals surface area contributed by atoms with Crippen LogP contribution in [0, 0.1) is 0 Å². The molecule has 27 heavy (non-hydrogen) atoms. The molecule has 0 aliphatic carbocycles. The normalized spacial score (nSPS) is 14.3. The Bertz CT molecular complexity index is 701. The van der Waals surface area contributed by atoms with Crippen molar-refractivity contribution in [1.82, 2.24) is 10.2 Å². The highest BCUT2D eigenvalue weighted by Crippen LogP contribution is 2.28. The van der Waals surface area contributed by atoms with Gasteiger partial charge in [-0.25, -0.2) is 4.79 Å². The second kappa shape index (κ2) is 10.5. The highest BCUT2D eigenvalue weighted by atomic mass is 32.2. The number of amides is 2. The van der Waals surface area contributed by atoms with E-state index in [2.05, 4.69) is 33.8 Å². The maximum atomic E-state index is 12.4. The van der Waals surface area contributed by atoms with Crippen molar-refractivity contribution in [2.24, 2.45) is 0 Å². The molecule has 1 N–H and O–H groups in total. The second-order valence-electron chi connectivity index (χ2n) is 6.24. The zero-order valence-corrected chi connectivity index (χ0v) is 17.4. The van der Waals surface area contributed by atoms with Crippen LogP contribution in [0.2, 0.25) is 0 Å². The number of urea groups is 1. The molecule has 146 valence electrons. The highest BCUT2D eigenvalue weighted by molar-refractivity contribution is 7.98. The lowest BCUT2D eigenvalue weighted by atomic mass is 10.2. The first-order valence-corrected chi connectivity index (χ1v) is 11.4. The molecule has 1 aliphatic rings. The number of ether oxygens (including phenoxy) is 1. The quantitative estimate of drug-likeness (QED) is 0.677.